The summed E-state index contributed by atoms with van der Waals surface area (Å²) in [6, 6.07) is 8.31. The van der Waals surface area contributed by atoms with Gasteiger partial charge in [0, 0.05) is 11.1 Å². The van der Waals surface area contributed by atoms with Crippen LogP contribution in [0.4, 0.5) is 0 Å². The van der Waals surface area contributed by atoms with Crippen molar-refractivity contribution >= 4 is 28.3 Å². The van der Waals surface area contributed by atoms with Crippen LogP contribution in [-0.2, 0) is 11.3 Å². The first-order valence-corrected chi connectivity index (χ1v) is 7.17. The molecular formula is C14H21BrClNO. The molecular weight excluding hydrogens is 314 g/mol. The Bertz CT molecular complexity index is 342. The van der Waals surface area contributed by atoms with Crippen molar-refractivity contribution < 1.29 is 4.74 Å². The van der Waals surface area contributed by atoms with E-state index in [4.69, 9.17) is 4.74 Å². The predicted octanol–water partition coefficient (Wildman–Crippen LogP) is 3.78. The minimum atomic E-state index is 0. The van der Waals surface area contributed by atoms with E-state index in [-0.39, 0.29) is 12.4 Å². The molecule has 4 heteroatoms. The minimum absolute atomic E-state index is 0. The third kappa shape index (κ3) is 5.70. The van der Waals surface area contributed by atoms with Gasteiger partial charge in [-0.25, -0.2) is 0 Å². The van der Waals surface area contributed by atoms with E-state index in [2.05, 4.69) is 33.4 Å². The van der Waals surface area contributed by atoms with Crippen molar-refractivity contribution in [3.05, 3.63) is 34.3 Å². The molecule has 0 saturated carbocycles. The number of hydrogen-bond donors (Lipinski definition) is 1. The third-order valence-corrected chi connectivity index (χ3v) is 3.72. The van der Waals surface area contributed by atoms with E-state index in [1.54, 1.807) is 0 Å². The standard InChI is InChI=1S/C14H20BrNO.ClH/c15-14-5-1-3-13(9-14)11-17-8-6-12-4-2-7-16-10-12;/h1,3,5,9,12,16H,2,4,6-8,10-11H2;1H. The van der Waals surface area contributed by atoms with Gasteiger partial charge in [0.15, 0.2) is 0 Å². The maximum atomic E-state index is 5.73. The van der Waals surface area contributed by atoms with Crippen LogP contribution in [0, 0.1) is 5.92 Å². The number of halogens is 2. The summed E-state index contributed by atoms with van der Waals surface area (Å²) >= 11 is 3.47. The topological polar surface area (TPSA) is 21.3 Å². The normalized spacial score (nSPS) is 19.3. The molecule has 1 aromatic rings. The number of nitrogens with one attached hydrogen (secondary N) is 1. The molecule has 1 saturated heterocycles. The van der Waals surface area contributed by atoms with Crippen LogP contribution in [0.2, 0.25) is 0 Å². The molecule has 0 spiro atoms. The van der Waals surface area contributed by atoms with Crippen LogP contribution in [0.25, 0.3) is 0 Å². The van der Waals surface area contributed by atoms with Crippen LogP contribution in [-0.4, -0.2) is 19.7 Å². The van der Waals surface area contributed by atoms with Crippen molar-refractivity contribution in [2.75, 3.05) is 19.7 Å². The number of piperidine rings is 1. The highest BCUT2D eigenvalue weighted by Gasteiger charge is 2.12. The Morgan fingerprint density at radius 3 is 3.00 bits per heavy atom. The quantitative estimate of drug-likeness (QED) is 0.828. The summed E-state index contributed by atoms with van der Waals surface area (Å²) in [4.78, 5) is 0. The molecule has 1 fully saturated rings. The molecule has 0 aromatic heterocycles. The van der Waals surface area contributed by atoms with Gasteiger partial charge in [0.2, 0.25) is 0 Å². The summed E-state index contributed by atoms with van der Waals surface area (Å²) in [5.74, 6) is 0.811. The summed E-state index contributed by atoms with van der Waals surface area (Å²) in [6.45, 7) is 3.95. The highest BCUT2D eigenvalue weighted by atomic mass is 79.9. The van der Waals surface area contributed by atoms with Crippen LogP contribution in [0.5, 0.6) is 0 Å². The van der Waals surface area contributed by atoms with Gasteiger partial charge in [-0.2, -0.15) is 0 Å². The average Bonchev–Trinajstić information content (AvgIpc) is 2.36. The molecule has 1 aliphatic heterocycles. The summed E-state index contributed by atoms with van der Waals surface area (Å²) in [5, 5.41) is 3.44. The number of hydrogen-bond acceptors (Lipinski definition) is 2. The molecule has 2 nitrogen and oxygen atoms in total. The second kappa shape index (κ2) is 8.92. The molecule has 0 bridgehead atoms. The molecule has 0 aliphatic carbocycles. The second-order valence-electron chi connectivity index (χ2n) is 4.68. The maximum absolute atomic E-state index is 5.73. The van der Waals surface area contributed by atoms with Gasteiger partial charge in [-0.3, -0.25) is 0 Å². The van der Waals surface area contributed by atoms with Gasteiger partial charge in [0.25, 0.3) is 0 Å². The van der Waals surface area contributed by atoms with Gasteiger partial charge in [0.1, 0.15) is 0 Å². The van der Waals surface area contributed by atoms with E-state index in [1.165, 1.54) is 37.9 Å². The highest BCUT2D eigenvalue weighted by Crippen LogP contribution is 2.15. The second-order valence-corrected chi connectivity index (χ2v) is 5.60. The van der Waals surface area contributed by atoms with Gasteiger partial charge in [-0.05, 0) is 56.0 Å². The van der Waals surface area contributed by atoms with Gasteiger partial charge in [0.05, 0.1) is 6.61 Å². The fourth-order valence-corrected chi connectivity index (χ4v) is 2.68. The minimum Gasteiger partial charge on any atom is -0.377 e. The van der Waals surface area contributed by atoms with E-state index in [9.17, 15) is 0 Å². The van der Waals surface area contributed by atoms with Crippen LogP contribution in [0.15, 0.2) is 28.7 Å². The maximum Gasteiger partial charge on any atom is 0.0717 e. The lowest BCUT2D eigenvalue weighted by atomic mass is 9.97. The molecule has 1 N–H and O–H groups in total. The number of rotatable bonds is 5. The fourth-order valence-electron chi connectivity index (χ4n) is 2.24. The third-order valence-electron chi connectivity index (χ3n) is 3.23. The lowest BCUT2D eigenvalue weighted by Gasteiger charge is -2.22. The van der Waals surface area contributed by atoms with E-state index >= 15 is 0 Å². The van der Waals surface area contributed by atoms with Crippen LogP contribution < -0.4 is 5.32 Å². The van der Waals surface area contributed by atoms with E-state index < -0.39 is 0 Å². The van der Waals surface area contributed by atoms with Crippen LogP contribution >= 0.6 is 28.3 Å². The monoisotopic (exact) mass is 333 g/mol. The zero-order chi connectivity index (χ0) is 11.9. The lowest BCUT2D eigenvalue weighted by molar-refractivity contribution is 0.103. The molecule has 1 aliphatic rings. The molecule has 2 rings (SSSR count). The molecule has 102 valence electrons. The molecule has 1 aromatic carbocycles. The van der Waals surface area contributed by atoms with E-state index in [0.29, 0.717) is 0 Å². The summed E-state index contributed by atoms with van der Waals surface area (Å²) in [7, 11) is 0. The molecule has 1 unspecified atom stereocenters. The van der Waals surface area contributed by atoms with Crippen LogP contribution in [0.3, 0.4) is 0 Å². The SMILES string of the molecule is Brc1cccc(COCCC2CCCNC2)c1.Cl. The van der Waals surface area contributed by atoms with Crippen molar-refractivity contribution in [2.24, 2.45) is 5.92 Å². The molecule has 1 heterocycles. The highest BCUT2D eigenvalue weighted by molar-refractivity contribution is 9.10. The molecule has 0 amide bonds. The van der Waals surface area contributed by atoms with Gasteiger partial charge < -0.3 is 10.1 Å². The predicted molar refractivity (Wildman–Crippen MR) is 81.3 cm³/mol. The number of benzene rings is 1. The molecule has 0 radical (unpaired) electrons. The Kier molecular flexibility index (Phi) is 7.91. The first-order chi connectivity index (χ1) is 8.34. The Labute approximate surface area is 124 Å². The van der Waals surface area contributed by atoms with Crippen molar-refractivity contribution in [1.29, 1.82) is 0 Å². The first kappa shape index (κ1) is 16.0. The van der Waals surface area contributed by atoms with E-state index in [1.807, 2.05) is 12.1 Å². The van der Waals surface area contributed by atoms with Crippen molar-refractivity contribution in [2.45, 2.75) is 25.9 Å². The van der Waals surface area contributed by atoms with Crippen molar-refractivity contribution in [3.8, 4) is 0 Å². The fraction of sp³-hybridized carbons (Fsp3) is 0.571. The van der Waals surface area contributed by atoms with Gasteiger partial charge >= 0.3 is 0 Å². The molecule has 1 atom stereocenters. The summed E-state index contributed by atoms with van der Waals surface area (Å²) in [5.41, 5.74) is 1.24. The first-order valence-electron chi connectivity index (χ1n) is 6.37. The summed E-state index contributed by atoms with van der Waals surface area (Å²) < 4.78 is 6.85. The van der Waals surface area contributed by atoms with Crippen molar-refractivity contribution in [1.82, 2.24) is 5.32 Å². The van der Waals surface area contributed by atoms with Gasteiger partial charge in [-0.1, -0.05) is 28.1 Å². The van der Waals surface area contributed by atoms with E-state index in [0.717, 1.165) is 23.6 Å². The summed E-state index contributed by atoms with van der Waals surface area (Å²) in [6.07, 6.45) is 3.85. The average molecular weight is 335 g/mol. The zero-order valence-corrected chi connectivity index (χ0v) is 12.9. The molecule has 18 heavy (non-hydrogen) atoms. The van der Waals surface area contributed by atoms with Crippen LogP contribution in [0.1, 0.15) is 24.8 Å². The Balaban J connectivity index is 0.00000162. The largest absolute Gasteiger partial charge is 0.377 e. The number of ether oxygens (including phenoxy) is 1. The van der Waals surface area contributed by atoms with Gasteiger partial charge in [-0.15, -0.1) is 12.4 Å². The lowest BCUT2D eigenvalue weighted by Crippen LogP contribution is -2.30. The Morgan fingerprint density at radius 1 is 1.39 bits per heavy atom. The smallest absolute Gasteiger partial charge is 0.0717 e. The zero-order valence-electron chi connectivity index (χ0n) is 10.5. The van der Waals surface area contributed by atoms with Crippen molar-refractivity contribution in [3.63, 3.8) is 0 Å². The Morgan fingerprint density at radius 2 is 2.28 bits per heavy atom. The Hall–Kier alpha value is -0.0900.